The molecule has 1 aliphatic heterocycles. The fourth-order valence-electron chi connectivity index (χ4n) is 2.94. The lowest BCUT2D eigenvalue weighted by atomic mass is 10.1. The third kappa shape index (κ3) is 4.21. The Morgan fingerprint density at radius 3 is 2.88 bits per heavy atom. The number of amides is 1. The standard InChI is InChI=1S/C18H23N3O3/c22-8-7-20(18(23)17-6-9-24-14-17)11-16-10-19-21(13-16)12-15-4-2-1-3-5-15/h1-5,10,13,17,22H,6-9,11-12,14H2. The van der Waals surface area contributed by atoms with Crippen molar-refractivity contribution in [2.45, 2.75) is 19.5 Å². The summed E-state index contributed by atoms with van der Waals surface area (Å²) in [4.78, 5) is 14.2. The van der Waals surface area contributed by atoms with Crippen LogP contribution in [0.25, 0.3) is 0 Å². The molecule has 1 fully saturated rings. The Morgan fingerprint density at radius 1 is 1.33 bits per heavy atom. The van der Waals surface area contributed by atoms with Crippen LogP contribution in [0.1, 0.15) is 17.5 Å². The van der Waals surface area contributed by atoms with Gasteiger partial charge in [-0.2, -0.15) is 5.10 Å². The van der Waals surface area contributed by atoms with E-state index in [0.29, 0.717) is 32.8 Å². The number of aliphatic hydroxyl groups excluding tert-OH is 1. The molecule has 1 saturated heterocycles. The van der Waals surface area contributed by atoms with Crippen LogP contribution in [0.5, 0.6) is 0 Å². The summed E-state index contributed by atoms with van der Waals surface area (Å²) in [7, 11) is 0. The predicted octanol–water partition coefficient (Wildman–Crippen LogP) is 1.29. The minimum Gasteiger partial charge on any atom is -0.395 e. The van der Waals surface area contributed by atoms with Gasteiger partial charge in [0.15, 0.2) is 0 Å². The monoisotopic (exact) mass is 329 g/mol. The van der Waals surface area contributed by atoms with Gasteiger partial charge in [-0.15, -0.1) is 0 Å². The van der Waals surface area contributed by atoms with E-state index in [1.54, 1.807) is 11.1 Å². The second-order valence-corrected chi connectivity index (χ2v) is 6.08. The molecule has 0 bridgehead atoms. The molecule has 1 atom stereocenters. The van der Waals surface area contributed by atoms with Crippen LogP contribution in [0.2, 0.25) is 0 Å². The first-order valence-corrected chi connectivity index (χ1v) is 8.29. The van der Waals surface area contributed by atoms with Gasteiger partial charge in [0, 0.05) is 31.5 Å². The molecule has 1 aliphatic rings. The number of ether oxygens (including phenoxy) is 1. The lowest BCUT2D eigenvalue weighted by Gasteiger charge is -2.23. The third-order valence-corrected chi connectivity index (χ3v) is 4.21. The van der Waals surface area contributed by atoms with Crippen LogP contribution in [-0.2, 0) is 22.6 Å². The molecule has 1 aromatic carbocycles. The van der Waals surface area contributed by atoms with Crippen LogP contribution in [0.4, 0.5) is 0 Å². The molecule has 24 heavy (non-hydrogen) atoms. The molecule has 1 aromatic heterocycles. The van der Waals surface area contributed by atoms with Crippen molar-refractivity contribution in [2.24, 2.45) is 5.92 Å². The molecule has 2 heterocycles. The maximum atomic E-state index is 12.5. The van der Waals surface area contributed by atoms with Gasteiger partial charge in [-0.05, 0) is 12.0 Å². The highest BCUT2D eigenvalue weighted by Crippen LogP contribution is 2.17. The molecule has 2 aromatic rings. The van der Waals surface area contributed by atoms with E-state index in [-0.39, 0.29) is 18.4 Å². The van der Waals surface area contributed by atoms with E-state index >= 15 is 0 Å². The van der Waals surface area contributed by atoms with Crippen LogP contribution in [0.3, 0.4) is 0 Å². The van der Waals surface area contributed by atoms with Gasteiger partial charge in [-0.1, -0.05) is 30.3 Å². The van der Waals surface area contributed by atoms with E-state index in [1.807, 2.05) is 29.1 Å². The molecular weight excluding hydrogens is 306 g/mol. The summed E-state index contributed by atoms with van der Waals surface area (Å²) in [6.07, 6.45) is 4.50. The second-order valence-electron chi connectivity index (χ2n) is 6.08. The average molecular weight is 329 g/mol. The highest BCUT2D eigenvalue weighted by Gasteiger charge is 2.28. The molecule has 0 spiro atoms. The number of hydrogen-bond donors (Lipinski definition) is 1. The minimum atomic E-state index is -0.0871. The summed E-state index contributed by atoms with van der Waals surface area (Å²) in [5.74, 6) is -0.0340. The van der Waals surface area contributed by atoms with Crippen LogP contribution < -0.4 is 0 Å². The molecule has 3 rings (SSSR count). The zero-order chi connectivity index (χ0) is 16.8. The number of carbonyl (C=O) groups is 1. The molecule has 0 saturated carbocycles. The second kappa shape index (κ2) is 8.08. The lowest BCUT2D eigenvalue weighted by molar-refractivity contribution is -0.136. The zero-order valence-corrected chi connectivity index (χ0v) is 13.7. The summed E-state index contributed by atoms with van der Waals surface area (Å²) >= 11 is 0. The Kier molecular flexibility index (Phi) is 5.61. The molecule has 0 aliphatic carbocycles. The van der Waals surface area contributed by atoms with E-state index in [1.165, 1.54) is 5.56 Å². The maximum Gasteiger partial charge on any atom is 0.228 e. The van der Waals surface area contributed by atoms with Crippen molar-refractivity contribution >= 4 is 5.91 Å². The molecular formula is C18H23N3O3. The summed E-state index contributed by atoms with van der Waals surface area (Å²) in [5, 5.41) is 13.6. The SMILES string of the molecule is O=C(C1CCOC1)N(CCO)Cc1cnn(Cc2ccccc2)c1. The van der Waals surface area contributed by atoms with Crippen LogP contribution >= 0.6 is 0 Å². The summed E-state index contributed by atoms with van der Waals surface area (Å²) < 4.78 is 7.17. The molecule has 1 unspecified atom stereocenters. The van der Waals surface area contributed by atoms with E-state index in [9.17, 15) is 9.90 Å². The molecule has 1 amide bonds. The van der Waals surface area contributed by atoms with Crippen molar-refractivity contribution in [3.63, 3.8) is 0 Å². The van der Waals surface area contributed by atoms with Crippen LogP contribution in [0, 0.1) is 5.92 Å². The summed E-state index contributed by atoms with van der Waals surface area (Å²) in [6.45, 7) is 2.57. The Hall–Kier alpha value is -2.18. The van der Waals surface area contributed by atoms with Gasteiger partial charge in [0.2, 0.25) is 5.91 Å². The fraction of sp³-hybridized carbons (Fsp3) is 0.444. The number of aromatic nitrogens is 2. The normalized spacial score (nSPS) is 17.1. The minimum absolute atomic E-state index is 0.0442. The molecule has 6 heteroatoms. The van der Waals surface area contributed by atoms with Crippen LogP contribution in [-0.4, -0.2) is 52.1 Å². The fourth-order valence-corrected chi connectivity index (χ4v) is 2.94. The summed E-state index contributed by atoms with van der Waals surface area (Å²) in [5.41, 5.74) is 2.14. The highest BCUT2D eigenvalue weighted by molar-refractivity contribution is 5.79. The lowest BCUT2D eigenvalue weighted by Crippen LogP contribution is -2.37. The first-order valence-electron chi connectivity index (χ1n) is 8.29. The van der Waals surface area contributed by atoms with E-state index < -0.39 is 0 Å². The van der Waals surface area contributed by atoms with E-state index in [4.69, 9.17) is 4.74 Å². The van der Waals surface area contributed by atoms with Gasteiger partial charge in [0.25, 0.3) is 0 Å². The van der Waals surface area contributed by atoms with Crippen molar-refractivity contribution in [3.8, 4) is 0 Å². The van der Waals surface area contributed by atoms with Crippen molar-refractivity contribution in [2.75, 3.05) is 26.4 Å². The Morgan fingerprint density at radius 2 is 2.17 bits per heavy atom. The van der Waals surface area contributed by atoms with Crippen molar-refractivity contribution in [1.29, 1.82) is 0 Å². The molecule has 0 radical (unpaired) electrons. The van der Waals surface area contributed by atoms with Gasteiger partial charge >= 0.3 is 0 Å². The number of benzene rings is 1. The quantitative estimate of drug-likeness (QED) is 0.831. The number of carbonyl (C=O) groups excluding carboxylic acids is 1. The predicted molar refractivity (Wildman–Crippen MR) is 89.2 cm³/mol. The number of nitrogens with zero attached hydrogens (tertiary/aromatic N) is 3. The molecule has 1 N–H and O–H groups in total. The van der Waals surface area contributed by atoms with Gasteiger partial charge in [-0.25, -0.2) is 0 Å². The smallest absolute Gasteiger partial charge is 0.228 e. The third-order valence-electron chi connectivity index (χ3n) is 4.21. The van der Waals surface area contributed by atoms with Crippen LogP contribution in [0.15, 0.2) is 42.7 Å². The van der Waals surface area contributed by atoms with Gasteiger partial charge in [-0.3, -0.25) is 9.48 Å². The van der Waals surface area contributed by atoms with Crippen molar-refractivity contribution in [3.05, 3.63) is 53.9 Å². The zero-order valence-electron chi connectivity index (χ0n) is 13.7. The first kappa shape index (κ1) is 16.7. The maximum absolute atomic E-state index is 12.5. The van der Waals surface area contributed by atoms with Gasteiger partial charge < -0.3 is 14.7 Å². The van der Waals surface area contributed by atoms with Gasteiger partial charge in [0.1, 0.15) is 0 Å². The number of aliphatic hydroxyl groups is 1. The number of rotatable bonds is 7. The first-order chi connectivity index (χ1) is 11.8. The molecule has 6 nitrogen and oxygen atoms in total. The topological polar surface area (TPSA) is 67.6 Å². The average Bonchev–Trinajstić information content (AvgIpc) is 3.27. The summed E-state index contributed by atoms with van der Waals surface area (Å²) in [6, 6.07) is 10.1. The van der Waals surface area contributed by atoms with Gasteiger partial charge in [0.05, 0.1) is 31.9 Å². The Bertz CT molecular complexity index is 651. The van der Waals surface area contributed by atoms with E-state index in [0.717, 1.165) is 12.0 Å². The largest absolute Gasteiger partial charge is 0.395 e. The Balaban J connectivity index is 1.63. The van der Waals surface area contributed by atoms with Crippen molar-refractivity contribution < 1.29 is 14.6 Å². The molecule has 128 valence electrons. The van der Waals surface area contributed by atoms with E-state index in [2.05, 4.69) is 17.2 Å². The number of hydrogen-bond acceptors (Lipinski definition) is 4. The Labute approximate surface area is 141 Å². The van der Waals surface area contributed by atoms with Crippen molar-refractivity contribution in [1.82, 2.24) is 14.7 Å². The highest BCUT2D eigenvalue weighted by atomic mass is 16.5.